The van der Waals surface area contributed by atoms with Gasteiger partial charge in [0, 0.05) is 18.2 Å². The highest BCUT2D eigenvalue weighted by Gasteiger charge is 2.32. The van der Waals surface area contributed by atoms with Gasteiger partial charge in [-0.2, -0.15) is 0 Å². The molecule has 1 unspecified atom stereocenters. The molecule has 1 saturated heterocycles. The van der Waals surface area contributed by atoms with Gasteiger partial charge in [-0.05, 0) is 31.5 Å². The molecule has 7 heteroatoms. The van der Waals surface area contributed by atoms with Gasteiger partial charge in [0.05, 0.1) is 17.1 Å². The van der Waals surface area contributed by atoms with Crippen molar-refractivity contribution in [2.75, 3.05) is 18.1 Å². The molecule has 1 aliphatic rings. The van der Waals surface area contributed by atoms with Crippen LogP contribution in [0.4, 0.5) is 4.39 Å². The first kappa shape index (κ1) is 16.9. The Labute approximate surface area is 129 Å². The lowest BCUT2D eigenvalue weighted by Gasteiger charge is -2.27. The molecule has 1 heterocycles. The lowest BCUT2D eigenvalue weighted by molar-refractivity contribution is 0.0696. The van der Waals surface area contributed by atoms with Gasteiger partial charge in [0.15, 0.2) is 9.84 Å². The highest BCUT2D eigenvalue weighted by molar-refractivity contribution is 7.91. The van der Waals surface area contributed by atoms with Crippen molar-refractivity contribution in [2.24, 2.45) is 0 Å². The standard InChI is InChI=1S/C15H20FNO4S/c1-2-6-17(13-5-7-22(20,21)10-13)9-12-4-3-11(15(18)19)8-14(12)16/h3-4,8,13H,2,5-7,9-10H2,1H3,(H,18,19). The number of sulfone groups is 1. The molecular formula is C15H20FNO4S. The minimum atomic E-state index is -2.99. The third-order valence-corrected chi connectivity index (χ3v) is 5.66. The quantitative estimate of drug-likeness (QED) is 0.863. The third kappa shape index (κ3) is 4.04. The summed E-state index contributed by atoms with van der Waals surface area (Å²) in [6.45, 7) is 2.96. The van der Waals surface area contributed by atoms with E-state index in [4.69, 9.17) is 5.11 Å². The summed E-state index contributed by atoms with van der Waals surface area (Å²) in [6.07, 6.45) is 1.41. The number of benzene rings is 1. The Hall–Kier alpha value is -1.47. The number of aromatic carboxylic acids is 1. The SMILES string of the molecule is CCCN(Cc1ccc(C(=O)O)cc1F)C1CCS(=O)(=O)C1. The van der Waals surface area contributed by atoms with Gasteiger partial charge in [-0.1, -0.05) is 13.0 Å². The third-order valence-electron chi connectivity index (χ3n) is 3.91. The number of halogens is 1. The first-order chi connectivity index (χ1) is 10.3. The average molecular weight is 329 g/mol. The van der Waals surface area contributed by atoms with Crippen molar-refractivity contribution in [2.45, 2.75) is 32.4 Å². The normalized spacial score (nSPS) is 20.4. The Morgan fingerprint density at radius 1 is 1.45 bits per heavy atom. The van der Waals surface area contributed by atoms with E-state index in [-0.39, 0.29) is 23.1 Å². The average Bonchev–Trinajstić information content (AvgIpc) is 2.80. The zero-order valence-electron chi connectivity index (χ0n) is 12.5. The number of hydrogen-bond acceptors (Lipinski definition) is 4. The Morgan fingerprint density at radius 3 is 2.68 bits per heavy atom. The second kappa shape index (κ2) is 6.75. The number of hydrogen-bond donors (Lipinski definition) is 1. The summed E-state index contributed by atoms with van der Waals surface area (Å²) in [5.74, 6) is -1.44. The second-order valence-electron chi connectivity index (χ2n) is 5.64. The van der Waals surface area contributed by atoms with Crippen molar-refractivity contribution >= 4 is 15.8 Å². The van der Waals surface area contributed by atoms with Crippen LogP contribution in [0.15, 0.2) is 18.2 Å². The van der Waals surface area contributed by atoms with Crippen molar-refractivity contribution in [3.8, 4) is 0 Å². The van der Waals surface area contributed by atoms with Crippen molar-refractivity contribution < 1.29 is 22.7 Å². The predicted octanol–water partition coefficient (Wildman–Crippen LogP) is 1.92. The summed E-state index contributed by atoms with van der Waals surface area (Å²) in [5, 5.41) is 8.85. The summed E-state index contributed by atoms with van der Waals surface area (Å²) < 4.78 is 37.3. The summed E-state index contributed by atoms with van der Waals surface area (Å²) in [4.78, 5) is 12.8. The fraction of sp³-hybridized carbons (Fsp3) is 0.533. The molecule has 0 saturated carbocycles. The molecule has 1 aliphatic heterocycles. The van der Waals surface area contributed by atoms with Gasteiger partial charge in [0.25, 0.3) is 0 Å². The fourth-order valence-electron chi connectivity index (χ4n) is 2.77. The second-order valence-corrected chi connectivity index (χ2v) is 7.87. The highest BCUT2D eigenvalue weighted by Crippen LogP contribution is 2.21. The number of carbonyl (C=O) groups is 1. The van der Waals surface area contributed by atoms with E-state index >= 15 is 0 Å². The van der Waals surface area contributed by atoms with E-state index in [0.29, 0.717) is 25.1 Å². The molecule has 1 atom stereocenters. The molecular weight excluding hydrogens is 309 g/mol. The lowest BCUT2D eigenvalue weighted by atomic mass is 10.1. The van der Waals surface area contributed by atoms with Crippen molar-refractivity contribution in [1.82, 2.24) is 4.90 Å². The smallest absolute Gasteiger partial charge is 0.335 e. The fourth-order valence-corrected chi connectivity index (χ4v) is 4.53. The minimum Gasteiger partial charge on any atom is -0.478 e. The molecule has 1 aromatic carbocycles. The van der Waals surface area contributed by atoms with Crippen LogP contribution in [0.2, 0.25) is 0 Å². The molecule has 0 bridgehead atoms. The Balaban J connectivity index is 2.16. The summed E-state index contributed by atoms with van der Waals surface area (Å²) in [5.41, 5.74) is 0.300. The van der Waals surface area contributed by atoms with Gasteiger partial charge in [-0.25, -0.2) is 17.6 Å². The maximum absolute atomic E-state index is 14.0. The molecule has 1 aromatic rings. The van der Waals surface area contributed by atoms with E-state index in [1.807, 2.05) is 11.8 Å². The zero-order chi connectivity index (χ0) is 16.3. The molecule has 5 nitrogen and oxygen atoms in total. The predicted molar refractivity (Wildman–Crippen MR) is 81.1 cm³/mol. The highest BCUT2D eigenvalue weighted by atomic mass is 32.2. The summed E-state index contributed by atoms with van der Waals surface area (Å²) >= 11 is 0. The monoisotopic (exact) mass is 329 g/mol. The van der Waals surface area contributed by atoms with E-state index in [1.54, 1.807) is 0 Å². The van der Waals surface area contributed by atoms with Crippen LogP contribution in [0.25, 0.3) is 0 Å². The van der Waals surface area contributed by atoms with Gasteiger partial charge in [0.1, 0.15) is 5.82 Å². The molecule has 1 fully saturated rings. The van der Waals surface area contributed by atoms with E-state index in [0.717, 1.165) is 12.5 Å². The molecule has 0 spiro atoms. The zero-order valence-corrected chi connectivity index (χ0v) is 13.3. The van der Waals surface area contributed by atoms with Crippen LogP contribution in [0, 0.1) is 5.82 Å². The van der Waals surface area contributed by atoms with Crippen molar-refractivity contribution in [1.29, 1.82) is 0 Å². The minimum absolute atomic E-state index is 0.0910. The van der Waals surface area contributed by atoms with Gasteiger partial charge >= 0.3 is 5.97 Å². The number of nitrogens with zero attached hydrogens (tertiary/aromatic N) is 1. The maximum atomic E-state index is 14.0. The van der Waals surface area contributed by atoms with Crippen molar-refractivity contribution in [3.05, 3.63) is 35.1 Å². The molecule has 22 heavy (non-hydrogen) atoms. The summed E-state index contributed by atoms with van der Waals surface area (Å²) in [6, 6.07) is 3.75. The summed E-state index contributed by atoms with van der Waals surface area (Å²) in [7, 11) is -2.99. The van der Waals surface area contributed by atoms with E-state index in [1.165, 1.54) is 12.1 Å². The van der Waals surface area contributed by atoms with Gasteiger partial charge in [-0.3, -0.25) is 4.90 Å². The molecule has 2 rings (SSSR count). The maximum Gasteiger partial charge on any atom is 0.335 e. The topological polar surface area (TPSA) is 74.7 Å². The largest absolute Gasteiger partial charge is 0.478 e. The van der Waals surface area contributed by atoms with Crippen LogP contribution in [0.1, 0.15) is 35.7 Å². The van der Waals surface area contributed by atoms with Crippen LogP contribution in [-0.2, 0) is 16.4 Å². The Kier molecular flexibility index (Phi) is 5.18. The molecule has 0 amide bonds. The Morgan fingerprint density at radius 2 is 2.18 bits per heavy atom. The Bertz CT molecular complexity index is 660. The van der Waals surface area contributed by atoms with Gasteiger partial charge < -0.3 is 5.11 Å². The van der Waals surface area contributed by atoms with E-state index < -0.39 is 21.6 Å². The number of carboxylic acid groups (broad SMARTS) is 1. The number of carboxylic acids is 1. The van der Waals surface area contributed by atoms with Crippen molar-refractivity contribution in [3.63, 3.8) is 0 Å². The van der Waals surface area contributed by atoms with E-state index in [2.05, 4.69) is 0 Å². The lowest BCUT2D eigenvalue weighted by Crippen LogP contribution is -2.36. The molecule has 0 aliphatic carbocycles. The van der Waals surface area contributed by atoms with Gasteiger partial charge in [-0.15, -0.1) is 0 Å². The molecule has 0 aromatic heterocycles. The van der Waals surface area contributed by atoms with Gasteiger partial charge in [0.2, 0.25) is 0 Å². The van der Waals surface area contributed by atoms with E-state index in [9.17, 15) is 17.6 Å². The first-order valence-electron chi connectivity index (χ1n) is 7.28. The molecule has 1 N–H and O–H groups in total. The number of rotatable bonds is 6. The first-order valence-corrected chi connectivity index (χ1v) is 9.10. The van der Waals surface area contributed by atoms with Crippen LogP contribution in [-0.4, -0.2) is 48.5 Å². The van der Waals surface area contributed by atoms with Crippen LogP contribution < -0.4 is 0 Å². The van der Waals surface area contributed by atoms with Crippen LogP contribution in [0.5, 0.6) is 0 Å². The van der Waals surface area contributed by atoms with Crippen LogP contribution >= 0.6 is 0 Å². The molecule has 0 radical (unpaired) electrons. The molecule has 122 valence electrons. The van der Waals surface area contributed by atoms with Crippen LogP contribution in [0.3, 0.4) is 0 Å².